The molecule has 3 amide bonds. The molecule has 2 aromatic carbocycles. The summed E-state index contributed by atoms with van der Waals surface area (Å²) < 4.78 is 7.39. The number of ether oxygens (including phenoxy) is 1. The summed E-state index contributed by atoms with van der Waals surface area (Å²) in [7, 11) is 1.63. The molecule has 154 valence electrons. The Balaban J connectivity index is 1.34. The molecule has 1 aromatic heterocycles. The van der Waals surface area contributed by atoms with Crippen LogP contribution >= 0.6 is 0 Å². The van der Waals surface area contributed by atoms with Crippen LogP contribution in [-0.4, -0.2) is 42.0 Å². The molecule has 1 unspecified atom stereocenters. The van der Waals surface area contributed by atoms with Crippen molar-refractivity contribution in [3.8, 4) is 5.75 Å². The van der Waals surface area contributed by atoms with Crippen molar-refractivity contribution >= 4 is 34.3 Å². The smallest absolute Gasteiger partial charge is 0.254 e. The molecule has 8 heteroatoms. The molecule has 2 heterocycles. The molecule has 8 nitrogen and oxygen atoms in total. The maximum Gasteiger partial charge on any atom is 0.254 e. The molecule has 30 heavy (non-hydrogen) atoms. The van der Waals surface area contributed by atoms with Crippen molar-refractivity contribution in [2.75, 3.05) is 19.0 Å². The number of carbonyl (C=O) groups excluding carboxylic acids is 3. The molecular weight excluding hydrogens is 384 g/mol. The molecule has 4 rings (SSSR count). The Morgan fingerprint density at radius 3 is 2.80 bits per heavy atom. The largest absolute Gasteiger partial charge is 0.496 e. The van der Waals surface area contributed by atoms with Crippen molar-refractivity contribution in [2.24, 2.45) is 0 Å². The Morgan fingerprint density at radius 1 is 1.13 bits per heavy atom. The molecule has 0 aliphatic carbocycles. The number of benzene rings is 2. The number of methoxy groups -OCH3 is 1. The number of fused-ring (bicyclic) bond motifs is 2. The van der Waals surface area contributed by atoms with Crippen molar-refractivity contribution in [3.63, 3.8) is 0 Å². The first-order chi connectivity index (χ1) is 14.6. The lowest BCUT2D eigenvalue weighted by molar-refractivity contribution is -0.125. The van der Waals surface area contributed by atoms with E-state index in [1.807, 2.05) is 35.0 Å². The van der Waals surface area contributed by atoms with Crippen molar-refractivity contribution in [3.05, 3.63) is 60.3 Å². The van der Waals surface area contributed by atoms with E-state index in [0.29, 0.717) is 24.3 Å². The maximum absolute atomic E-state index is 12.4. The summed E-state index contributed by atoms with van der Waals surface area (Å²) in [5.74, 6) is -0.302. The molecule has 0 radical (unpaired) electrons. The highest BCUT2D eigenvalue weighted by atomic mass is 16.5. The van der Waals surface area contributed by atoms with Crippen LogP contribution in [0.2, 0.25) is 0 Å². The van der Waals surface area contributed by atoms with E-state index in [9.17, 15) is 14.4 Å². The average molecular weight is 406 g/mol. The van der Waals surface area contributed by atoms with Crippen LogP contribution in [0.4, 0.5) is 5.69 Å². The van der Waals surface area contributed by atoms with Gasteiger partial charge in [-0.1, -0.05) is 18.2 Å². The third-order valence-corrected chi connectivity index (χ3v) is 5.11. The number of nitrogens with one attached hydrogen (secondary N) is 3. The Morgan fingerprint density at radius 2 is 1.97 bits per heavy atom. The van der Waals surface area contributed by atoms with Gasteiger partial charge in [-0.05, 0) is 30.3 Å². The standard InChI is InChI=1S/C22H22N4O4/c1-30-19-8-4-7-18-15(19)9-11-26(18)12-10-23-20(27)13-17-22(29)24-16-6-3-2-5-14(16)21(28)25-17/h2-9,11,17H,10,12-13H2,1H3,(H,23,27)(H,24,29)(H,25,28). The second kappa shape index (κ2) is 8.28. The number of rotatable bonds is 6. The molecule has 0 saturated heterocycles. The van der Waals surface area contributed by atoms with E-state index in [-0.39, 0.29) is 18.2 Å². The SMILES string of the molecule is COc1cccc2c1ccn2CCNC(=O)CC1NC(=O)c2ccccc2NC1=O. The molecule has 3 aromatic rings. The Kier molecular flexibility index (Phi) is 5.38. The van der Waals surface area contributed by atoms with Crippen LogP contribution in [0.25, 0.3) is 10.9 Å². The second-order valence-corrected chi connectivity index (χ2v) is 7.02. The van der Waals surface area contributed by atoms with E-state index in [0.717, 1.165) is 16.7 Å². The monoisotopic (exact) mass is 406 g/mol. The third-order valence-electron chi connectivity index (χ3n) is 5.11. The summed E-state index contributed by atoms with van der Waals surface area (Å²) in [6.45, 7) is 0.958. The van der Waals surface area contributed by atoms with Gasteiger partial charge in [0, 0.05) is 24.7 Å². The lowest BCUT2D eigenvalue weighted by atomic mass is 10.1. The van der Waals surface area contributed by atoms with Crippen LogP contribution in [0, 0.1) is 0 Å². The van der Waals surface area contributed by atoms with Gasteiger partial charge in [0.15, 0.2) is 0 Å². The number of carbonyl (C=O) groups is 3. The Hall–Kier alpha value is -3.81. The van der Waals surface area contributed by atoms with Crippen molar-refractivity contribution < 1.29 is 19.1 Å². The van der Waals surface area contributed by atoms with Gasteiger partial charge in [0.05, 0.1) is 30.3 Å². The van der Waals surface area contributed by atoms with Crippen molar-refractivity contribution in [1.82, 2.24) is 15.2 Å². The van der Waals surface area contributed by atoms with Crippen LogP contribution in [-0.2, 0) is 16.1 Å². The highest BCUT2D eigenvalue weighted by molar-refractivity contribution is 6.10. The van der Waals surface area contributed by atoms with E-state index in [1.165, 1.54) is 0 Å². The third kappa shape index (κ3) is 3.84. The Labute approximate surface area is 173 Å². The number of hydrogen-bond donors (Lipinski definition) is 3. The fraction of sp³-hybridized carbons (Fsp3) is 0.227. The van der Waals surface area contributed by atoms with E-state index < -0.39 is 11.9 Å². The van der Waals surface area contributed by atoms with E-state index in [4.69, 9.17) is 4.74 Å². The van der Waals surface area contributed by atoms with Gasteiger partial charge in [0.25, 0.3) is 5.91 Å². The topological polar surface area (TPSA) is 101 Å². The summed E-state index contributed by atoms with van der Waals surface area (Å²) in [5.41, 5.74) is 1.83. The van der Waals surface area contributed by atoms with Gasteiger partial charge in [-0.25, -0.2) is 0 Å². The molecule has 0 fully saturated rings. The number of nitrogens with zero attached hydrogens (tertiary/aromatic N) is 1. The first-order valence-corrected chi connectivity index (χ1v) is 9.66. The average Bonchev–Trinajstić information content (AvgIpc) is 3.11. The molecule has 0 saturated carbocycles. The summed E-state index contributed by atoms with van der Waals surface area (Å²) >= 11 is 0. The lowest BCUT2D eigenvalue weighted by Crippen LogP contribution is -2.44. The fourth-order valence-corrected chi connectivity index (χ4v) is 3.60. The van der Waals surface area contributed by atoms with Crippen LogP contribution in [0.15, 0.2) is 54.7 Å². The zero-order valence-corrected chi connectivity index (χ0v) is 16.5. The predicted molar refractivity (Wildman–Crippen MR) is 112 cm³/mol. The summed E-state index contributed by atoms with van der Waals surface area (Å²) in [4.78, 5) is 37.1. The van der Waals surface area contributed by atoms with Crippen molar-refractivity contribution in [2.45, 2.75) is 19.0 Å². The minimum Gasteiger partial charge on any atom is -0.496 e. The maximum atomic E-state index is 12.4. The van der Waals surface area contributed by atoms with Gasteiger partial charge in [0.2, 0.25) is 11.8 Å². The molecule has 3 N–H and O–H groups in total. The second-order valence-electron chi connectivity index (χ2n) is 7.02. The highest BCUT2D eigenvalue weighted by Gasteiger charge is 2.29. The van der Waals surface area contributed by atoms with Gasteiger partial charge < -0.3 is 25.3 Å². The lowest BCUT2D eigenvalue weighted by Gasteiger charge is -2.14. The highest BCUT2D eigenvalue weighted by Crippen LogP contribution is 2.26. The van der Waals surface area contributed by atoms with Crippen LogP contribution in [0.3, 0.4) is 0 Å². The van der Waals surface area contributed by atoms with E-state index >= 15 is 0 Å². The van der Waals surface area contributed by atoms with E-state index in [2.05, 4.69) is 16.0 Å². The molecule has 0 spiro atoms. The first kappa shape index (κ1) is 19.5. The van der Waals surface area contributed by atoms with Crippen molar-refractivity contribution in [1.29, 1.82) is 0 Å². The normalized spacial score (nSPS) is 15.7. The number of para-hydroxylation sites is 1. The Bertz CT molecular complexity index is 1120. The van der Waals surface area contributed by atoms with Crippen LogP contribution in [0.1, 0.15) is 16.8 Å². The molecular formula is C22H22N4O4. The first-order valence-electron chi connectivity index (χ1n) is 9.66. The van der Waals surface area contributed by atoms with Gasteiger partial charge in [0.1, 0.15) is 11.8 Å². The molecule has 0 bridgehead atoms. The van der Waals surface area contributed by atoms with Crippen LogP contribution in [0.5, 0.6) is 5.75 Å². The van der Waals surface area contributed by atoms with Gasteiger partial charge in [-0.3, -0.25) is 14.4 Å². The minimum absolute atomic E-state index is 0.133. The molecule has 1 aliphatic rings. The number of anilines is 1. The zero-order valence-electron chi connectivity index (χ0n) is 16.5. The van der Waals surface area contributed by atoms with Gasteiger partial charge >= 0.3 is 0 Å². The summed E-state index contributed by atoms with van der Waals surface area (Å²) in [6.07, 6.45) is 1.81. The minimum atomic E-state index is -0.929. The zero-order chi connectivity index (χ0) is 21.1. The van der Waals surface area contributed by atoms with Gasteiger partial charge in [-0.15, -0.1) is 0 Å². The molecule has 1 atom stereocenters. The number of aromatic nitrogens is 1. The van der Waals surface area contributed by atoms with E-state index in [1.54, 1.807) is 31.4 Å². The number of amides is 3. The summed E-state index contributed by atoms with van der Waals surface area (Å²) in [5, 5.41) is 9.14. The van der Waals surface area contributed by atoms with Gasteiger partial charge in [-0.2, -0.15) is 0 Å². The summed E-state index contributed by atoms with van der Waals surface area (Å²) in [6, 6.07) is 13.6. The molecule has 1 aliphatic heterocycles. The quantitative estimate of drug-likeness (QED) is 0.582. The van der Waals surface area contributed by atoms with Crippen LogP contribution < -0.4 is 20.7 Å². The predicted octanol–water partition coefficient (Wildman–Crippen LogP) is 1.91. The number of hydrogen-bond acceptors (Lipinski definition) is 4. The fourth-order valence-electron chi connectivity index (χ4n) is 3.60.